The van der Waals surface area contributed by atoms with Crippen LogP contribution in [0.1, 0.15) is 16.8 Å². The highest BCUT2D eigenvalue weighted by Gasteiger charge is 2.10. The summed E-state index contributed by atoms with van der Waals surface area (Å²) in [7, 11) is 2.04. The molecule has 0 spiro atoms. The first-order valence-electron chi connectivity index (χ1n) is 5.47. The van der Waals surface area contributed by atoms with Gasteiger partial charge in [-0.3, -0.25) is 0 Å². The SMILES string of the molecule is Cc1ccccc1-c1cc(CO)c(C)n1C. The van der Waals surface area contributed by atoms with Crippen LogP contribution in [-0.2, 0) is 13.7 Å². The van der Waals surface area contributed by atoms with Gasteiger partial charge in [0.2, 0.25) is 0 Å². The van der Waals surface area contributed by atoms with Crippen molar-refractivity contribution in [2.75, 3.05) is 0 Å². The zero-order chi connectivity index (χ0) is 11.7. The summed E-state index contributed by atoms with van der Waals surface area (Å²) >= 11 is 0. The van der Waals surface area contributed by atoms with Gasteiger partial charge in [0.05, 0.1) is 6.61 Å². The van der Waals surface area contributed by atoms with E-state index in [9.17, 15) is 5.11 Å². The molecule has 1 heterocycles. The number of aryl methyl sites for hydroxylation is 1. The molecule has 0 amide bonds. The molecule has 0 aliphatic heterocycles. The van der Waals surface area contributed by atoms with E-state index in [-0.39, 0.29) is 6.61 Å². The van der Waals surface area contributed by atoms with Crippen molar-refractivity contribution in [3.8, 4) is 11.3 Å². The first-order chi connectivity index (χ1) is 7.65. The predicted octanol–water partition coefficient (Wildman–Crippen LogP) is 2.80. The molecule has 16 heavy (non-hydrogen) atoms. The Hall–Kier alpha value is -1.54. The van der Waals surface area contributed by atoms with Crippen molar-refractivity contribution in [1.82, 2.24) is 4.57 Å². The van der Waals surface area contributed by atoms with Crippen LogP contribution >= 0.6 is 0 Å². The van der Waals surface area contributed by atoms with E-state index in [4.69, 9.17) is 0 Å². The van der Waals surface area contributed by atoms with Crippen molar-refractivity contribution in [3.05, 3.63) is 47.2 Å². The summed E-state index contributed by atoms with van der Waals surface area (Å²) in [4.78, 5) is 0. The molecule has 0 bridgehead atoms. The van der Waals surface area contributed by atoms with Crippen molar-refractivity contribution in [3.63, 3.8) is 0 Å². The quantitative estimate of drug-likeness (QED) is 0.818. The maximum absolute atomic E-state index is 9.26. The molecule has 2 aromatic rings. The maximum Gasteiger partial charge on any atom is 0.0699 e. The lowest BCUT2D eigenvalue weighted by Gasteiger charge is -2.07. The van der Waals surface area contributed by atoms with Crippen molar-refractivity contribution in [1.29, 1.82) is 0 Å². The van der Waals surface area contributed by atoms with E-state index in [0.717, 1.165) is 11.3 Å². The van der Waals surface area contributed by atoms with Crippen LogP contribution < -0.4 is 0 Å². The van der Waals surface area contributed by atoms with Gasteiger partial charge >= 0.3 is 0 Å². The number of nitrogens with zero attached hydrogens (tertiary/aromatic N) is 1. The summed E-state index contributed by atoms with van der Waals surface area (Å²) in [6, 6.07) is 10.4. The van der Waals surface area contributed by atoms with Crippen LogP contribution in [0.3, 0.4) is 0 Å². The minimum atomic E-state index is 0.103. The number of hydrogen-bond acceptors (Lipinski definition) is 1. The molecule has 0 aliphatic carbocycles. The predicted molar refractivity (Wildman–Crippen MR) is 66.2 cm³/mol. The zero-order valence-corrected chi connectivity index (χ0v) is 9.99. The summed E-state index contributed by atoms with van der Waals surface area (Å²) in [6.45, 7) is 4.25. The fraction of sp³-hybridized carbons (Fsp3) is 0.286. The Morgan fingerprint density at radius 2 is 1.88 bits per heavy atom. The highest BCUT2D eigenvalue weighted by molar-refractivity contribution is 5.66. The minimum absolute atomic E-state index is 0.103. The molecular formula is C14H17NO. The van der Waals surface area contributed by atoms with Crippen LogP contribution in [0.2, 0.25) is 0 Å². The van der Waals surface area contributed by atoms with Gasteiger partial charge in [-0.05, 0) is 31.0 Å². The van der Waals surface area contributed by atoms with Gasteiger partial charge in [-0.15, -0.1) is 0 Å². The molecule has 0 atom stereocenters. The number of rotatable bonds is 2. The monoisotopic (exact) mass is 215 g/mol. The van der Waals surface area contributed by atoms with Crippen molar-refractivity contribution in [2.45, 2.75) is 20.5 Å². The Morgan fingerprint density at radius 3 is 2.44 bits per heavy atom. The van der Waals surface area contributed by atoms with E-state index in [1.807, 2.05) is 26.1 Å². The summed E-state index contributed by atoms with van der Waals surface area (Å²) in [6.07, 6.45) is 0. The molecular weight excluding hydrogens is 198 g/mol. The normalized spacial score (nSPS) is 10.8. The number of aliphatic hydroxyl groups excluding tert-OH is 1. The molecule has 2 nitrogen and oxygen atoms in total. The van der Waals surface area contributed by atoms with Gasteiger partial charge < -0.3 is 9.67 Å². The fourth-order valence-electron chi connectivity index (χ4n) is 2.04. The van der Waals surface area contributed by atoms with Crippen molar-refractivity contribution < 1.29 is 5.11 Å². The van der Waals surface area contributed by atoms with Crippen LogP contribution in [0.5, 0.6) is 0 Å². The molecule has 1 N–H and O–H groups in total. The standard InChI is InChI=1S/C14H17NO/c1-10-6-4-5-7-13(10)14-8-12(9-16)11(2)15(14)3/h4-8,16H,9H2,1-3H3. The summed E-state index contributed by atoms with van der Waals surface area (Å²) in [5.41, 5.74) is 5.78. The van der Waals surface area contributed by atoms with E-state index in [1.165, 1.54) is 16.8 Å². The van der Waals surface area contributed by atoms with Crippen molar-refractivity contribution >= 4 is 0 Å². The van der Waals surface area contributed by atoms with Crippen molar-refractivity contribution in [2.24, 2.45) is 7.05 Å². The van der Waals surface area contributed by atoms with Crippen LogP contribution in [0, 0.1) is 13.8 Å². The largest absolute Gasteiger partial charge is 0.392 e. The number of benzene rings is 1. The molecule has 0 radical (unpaired) electrons. The second-order valence-corrected chi connectivity index (χ2v) is 4.17. The lowest BCUT2D eigenvalue weighted by Crippen LogP contribution is -1.96. The minimum Gasteiger partial charge on any atom is -0.392 e. The van der Waals surface area contributed by atoms with Crippen LogP contribution in [-0.4, -0.2) is 9.67 Å². The second kappa shape index (κ2) is 4.14. The van der Waals surface area contributed by atoms with E-state index in [2.05, 4.69) is 29.7 Å². The highest BCUT2D eigenvalue weighted by Crippen LogP contribution is 2.27. The Kier molecular flexibility index (Phi) is 2.84. The van der Waals surface area contributed by atoms with Gasteiger partial charge in [0.15, 0.2) is 0 Å². The molecule has 0 unspecified atom stereocenters. The van der Waals surface area contributed by atoms with Gasteiger partial charge in [-0.25, -0.2) is 0 Å². The molecule has 84 valence electrons. The van der Waals surface area contributed by atoms with E-state index < -0.39 is 0 Å². The number of hydrogen-bond donors (Lipinski definition) is 1. The Labute approximate surface area is 96.2 Å². The smallest absolute Gasteiger partial charge is 0.0699 e. The third kappa shape index (κ3) is 1.65. The van der Waals surface area contributed by atoms with Gasteiger partial charge in [-0.2, -0.15) is 0 Å². The Balaban J connectivity index is 2.61. The lowest BCUT2D eigenvalue weighted by molar-refractivity contribution is 0.281. The molecule has 1 aromatic heterocycles. The molecule has 0 saturated heterocycles. The molecule has 0 fully saturated rings. The zero-order valence-electron chi connectivity index (χ0n) is 9.99. The third-order valence-electron chi connectivity index (χ3n) is 3.23. The Bertz CT molecular complexity index is 511. The van der Waals surface area contributed by atoms with Gasteiger partial charge in [0.1, 0.15) is 0 Å². The maximum atomic E-state index is 9.26. The molecule has 1 aromatic carbocycles. The highest BCUT2D eigenvalue weighted by atomic mass is 16.3. The molecule has 0 saturated carbocycles. The van der Waals surface area contributed by atoms with E-state index in [1.54, 1.807) is 0 Å². The van der Waals surface area contributed by atoms with Crippen LogP contribution in [0.25, 0.3) is 11.3 Å². The van der Waals surface area contributed by atoms with E-state index in [0.29, 0.717) is 0 Å². The first-order valence-corrected chi connectivity index (χ1v) is 5.47. The second-order valence-electron chi connectivity index (χ2n) is 4.17. The van der Waals surface area contributed by atoms with Crippen LogP contribution in [0.15, 0.2) is 30.3 Å². The van der Waals surface area contributed by atoms with E-state index >= 15 is 0 Å². The summed E-state index contributed by atoms with van der Waals surface area (Å²) in [5.74, 6) is 0. The molecule has 2 heteroatoms. The number of aliphatic hydroxyl groups is 1. The van der Waals surface area contributed by atoms with Gasteiger partial charge in [-0.1, -0.05) is 24.3 Å². The average Bonchev–Trinajstić information content (AvgIpc) is 2.57. The first kappa shape index (κ1) is 11.0. The van der Waals surface area contributed by atoms with Gasteiger partial charge in [0.25, 0.3) is 0 Å². The molecule has 2 rings (SSSR count). The fourth-order valence-corrected chi connectivity index (χ4v) is 2.04. The third-order valence-corrected chi connectivity index (χ3v) is 3.23. The summed E-state index contributed by atoms with van der Waals surface area (Å²) < 4.78 is 2.13. The summed E-state index contributed by atoms with van der Waals surface area (Å²) in [5, 5.41) is 9.26. The van der Waals surface area contributed by atoms with Gasteiger partial charge in [0, 0.05) is 24.0 Å². The average molecular weight is 215 g/mol. The number of aromatic nitrogens is 1. The Morgan fingerprint density at radius 1 is 1.19 bits per heavy atom. The molecule has 0 aliphatic rings. The topological polar surface area (TPSA) is 25.2 Å². The van der Waals surface area contributed by atoms with Crippen LogP contribution in [0.4, 0.5) is 0 Å². The lowest BCUT2D eigenvalue weighted by atomic mass is 10.1.